The second-order valence-corrected chi connectivity index (χ2v) is 4.98. The molecule has 0 atom stereocenters. The van der Waals surface area contributed by atoms with Gasteiger partial charge in [0.2, 0.25) is 0 Å². The van der Waals surface area contributed by atoms with E-state index in [1.54, 1.807) is 13.4 Å². The molecule has 0 radical (unpaired) electrons. The van der Waals surface area contributed by atoms with Gasteiger partial charge in [-0.05, 0) is 18.4 Å². The molecular formula is C14H17N3O. The SMILES string of the molecule is COC1CC(c2ccccc2)(c2nncn2C)C1. The molecule has 4 nitrogen and oxygen atoms in total. The molecule has 0 saturated heterocycles. The van der Waals surface area contributed by atoms with Crippen molar-refractivity contribution < 1.29 is 4.74 Å². The molecule has 0 aliphatic heterocycles. The molecule has 0 unspecified atom stereocenters. The summed E-state index contributed by atoms with van der Waals surface area (Å²) in [6, 6.07) is 10.5. The van der Waals surface area contributed by atoms with Crippen LogP contribution in [0.4, 0.5) is 0 Å². The van der Waals surface area contributed by atoms with E-state index in [-0.39, 0.29) is 5.41 Å². The summed E-state index contributed by atoms with van der Waals surface area (Å²) in [4.78, 5) is 0. The second kappa shape index (κ2) is 4.21. The molecule has 2 aromatic rings. The van der Waals surface area contributed by atoms with Crippen molar-refractivity contribution in [2.24, 2.45) is 7.05 Å². The third-order valence-electron chi connectivity index (χ3n) is 3.95. The summed E-state index contributed by atoms with van der Waals surface area (Å²) in [5.74, 6) is 1.03. The van der Waals surface area contributed by atoms with Crippen molar-refractivity contribution >= 4 is 0 Å². The molecule has 1 fully saturated rings. The van der Waals surface area contributed by atoms with Gasteiger partial charge in [0.15, 0.2) is 0 Å². The summed E-state index contributed by atoms with van der Waals surface area (Å²) in [7, 11) is 3.77. The van der Waals surface area contributed by atoms with Gasteiger partial charge < -0.3 is 9.30 Å². The summed E-state index contributed by atoms with van der Waals surface area (Å²) < 4.78 is 7.46. The van der Waals surface area contributed by atoms with E-state index in [0.717, 1.165) is 18.7 Å². The predicted molar refractivity (Wildman–Crippen MR) is 68.3 cm³/mol. The highest BCUT2D eigenvalue weighted by Gasteiger charge is 2.50. The number of ether oxygens (including phenoxy) is 1. The zero-order valence-corrected chi connectivity index (χ0v) is 10.7. The molecule has 0 N–H and O–H groups in total. The van der Waals surface area contributed by atoms with Gasteiger partial charge in [-0.1, -0.05) is 30.3 Å². The highest BCUT2D eigenvalue weighted by Crippen LogP contribution is 2.49. The molecular weight excluding hydrogens is 226 g/mol. The van der Waals surface area contributed by atoms with Crippen LogP contribution in [0.1, 0.15) is 24.2 Å². The van der Waals surface area contributed by atoms with Gasteiger partial charge in [-0.25, -0.2) is 0 Å². The fraction of sp³-hybridized carbons (Fsp3) is 0.429. The monoisotopic (exact) mass is 243 g/mol. The van der Waals surface area contributed by atoms with E-state index in [2.05, 4.69) is 34.5 Å². The lowest BCUT2D eigenvalue weighted by Gasteiger charge is -2.46. The van der Waals surface area contributed by atoms with Gasteiger partial charge in [0.1, 0.15) is 12.2 Å². The van der Waals surface area contributed by atoms with Gasteiger partial charge in [0.25, 0.3) is 0 Å². The van der Waals surface area contributed by atoms with Crippen molar-refractivity contribution in [1.29, 1.82) is 0 Å². The van der Waals surface area contributed by atoms with E-state index in [4.69, 9.17) is 4.74 Å². The van der Waals surface area contributed by atoms with Crippen molar-refractivity contribution in [3.05, 3.63) is 48.0 Å². The van der Waals surface area contributed by atoms with E-state index < -0.39 is 0 Å². The number of methoxy groups -OCH3 is 1. The molecule has 0 bridgehead atoms. The van der Waals surface area contributed by atoms with Gasteiger partial charge in [-0.15, -0.1) is 10.2 Å². The van der Waals surface area contributed by atoms with Crippen LogP contribution in [0.2, 0.25) is 0 Å². The first-order valence-corrected chi connectivity index (χ1v) is 6.19. The highest BCUT2D eigenvalue weighted by molar-refractivity contribution is 5.37. The molecule has 3 rings (SSSR count). The average Bonchev–Trinajstić information content (AvgIpc) is 2.77. The number of hydrogen-bond donors (Lipinski definition) is 0. The third kappa shape index (κ3) is 1.56. The number of hydrogen-bond acceptors (Lipinski definition) is 3. The Morgan fingerprint density at radius 3 is 2.56 bits per heavy atom. The fourth-order valence-electron chi connectivity index (χ4n) is 2.91. The molecule has 1 aliphatic rings. The van der Waals surface area contributed by atoms with Crippen molar-refractivity contribution in [3.63, 3.8) is 0 Å². The molecule has 18 heavy (non-hydrogen) atoms. The minimum Gasteiger partial charge on any atom is -0.381 e. The zero-order chi connectivity index (χ0) is 12.6. The molecule has 1 saturated carbocycles. The molecule has 0 spiro atoms. The number of aryl methyl sites for hydroxylation is 1. The smallest absolute Gasteiger partial charge is 0.143 e. The number of rotatable bonds is 3. The van der Waals surface area contributed by atoms with E-state index in [0.29, 0.717) is 6.10 Å². The highest BCUT2D eigenvalue weighted by atomic mass is 16.5. The van der Waals surface area contributed by atoms with Crippen molar-refractivity contribution in [2.75, 3.05) is 7.11 Å². The van der Waals surface area contributed by atoms with Crippen molar-refractivity contribution in [1.82, 2.24) is 14.8 Å². The Labute approximate surface area is 107 Å². The maximum atomic E-state index is 5.44. The number of nitrogens with zero attached hydrogens (tertiary/aromatic N) is 3. The summed E-state index contributed by atoms with van der Waals surface area (Å²) in [6.07, 6.45) is 4.03. The van der Waals surface area contributed by atoms with Crippen LogP contribution >= 0.6 is 0 Å². The van der Waals surface area contributed by atoms with Crippen LogP contribution in [0.25, 0.3) is 0 Å². The Morgan fingerprint density at radius 1 is 1.28 bits per heavy atom. The minimum atomic E-state index is -0.0345. The minimum absolute atomic E-state index is 0.0345. The van der Waals surface area contributed by atoms with E-state index in [1.165, 1.54) is 5.56 Å². The molecule has 0 amide bonds. The van der Waals surface area contributed by atoms with E-state index >= 15 is 0 Å². The van der Waals surface area contributed by atoms with Crippen LogP contribution in [-0.4, -0.2) is 28.0 Å². The van der Waals surface area contributed by atoms with Crippen LogP contribution in [0.5, 0.6) is 0 Å². The van der Waals surface area contributed by atoms with Crippen LogP contribution in [-0.2, 0) is 17.2 Å². The standard InChI is InChI=1S/C14H17N3O/c1-17-10-15-16-13(17)14(8-12(9-14)18-2)11-6-4-3-5-7-11/h3-7,10,12H,8-9H2,1-2H3. The third-order valence-corrected chi connectivity index (χ3v) is 3.95. The molecule has 1 aromatic carbocycles. The van der Waals surface area contributed by atoms with Gasteiger partial charge in [0.05, 0.1) is 11.5 Å². The molecule has 1 heterocycles. The summed E-state index contributed by atoms with van der Waals surface area (Å²) in [5.41, 5.74) is 1.27. The lowest BCUT2D eigenvalue weighted by Crippen LogP contribution is -2.48. The van der Waals surface area contributed by atoms with Crippen LogP contribution < -0.4 is 0 Å². The summed E-state index contributed by atoms with van der Waals surface area (Å²) in [5, 5.41) is 8.33. The molecule has 1 aliphatic carbocycles. The molecule has 94 valence electrons. The van der Waals surface area contributed by atoms with Crippen molar-refractivity contribution in [3.8, 4) is 0 Å². The topological polar surface area (TPSA) is 39.9 Å². The Morgan fingerprint density at radius 2 is 2.00 bits per heavy atom. The molecule has 4 heteroatoms. The number of benzene rings is 1. The van der Waals surface area contributed by atoms with Crippen molar-refractivity contribution in [2.45, 2.75) is 24.4 Å². The van der Waals surface area contributed by atoms with Gasteiger partial charge in [-0.2, -0.15) is 0 Å². The number of aromatic nitrogens is 3. The fourth-order valence-corrected chi connectivity index (χ4v) is 2.91. The Balaban J connectivity index is 2.04. The van der Waals surface area contributed by atoms with E-state index in [9.17, 15) is 0 Å². The summed E-state index contributed by atoms with van der Waals surface area (Å²) in [6.45, 7) is 0. The quantitative estimate of drug-likeness (QED) is 0.826. The first-order chi connectivity index (χ1) is 8.76. The first-order valence-electron chi connectivity index (χ1n) is 6.19. The van der Waals surface area contributed by atoms with Crippen LogP contribution in [0.15, 0.2) is 36.7 Å². The van der Waals surface area contributed by atoms with E-state index in [1.807, 2.05) is 17.7 Å². The Bertz CT molecular complexity index is 529. The summed E-state index contributed by atoms with van der Waals surface area (Å²) >= 11 is 0. The Hall–Kier alpha value is -1.68. The lowest BCUT2D eigenvalue weighted by molar-refractivity contribution is -0.00696. The average molecular weight is 243 g/mol. The lowest BCUT2D eigenvalue weighted by atomic mass is 9.62. The van der Waals surface area contributed by atoms with Gasteiger partial charge in [-0.3, -0.25) is 0 Å². The van der Waals surface area contributed by atoms with Crippen LogP contribution in [0, 0.1) is 0 Å². The zero-order valence-electron chi connectivity index (χ0n) is 10.7. The maximum Gasteiger partial charge on any atom is 0.143 e. The van der Waals surface area contributed by atoms with Gasteiger partial charge in [0, 0.05) is 14.2 Å². The first kappa shape index (κ1) is 11.4. The second-order valence-electron chi connectivity index (χ2n) is 4.98. The van der Waals surface area contributed by atoms with Crippen LogP contribution in [0.3, 0.4) is 0 Å². The molecule has 1 aromatic heterocycles. The predicted octanol–water partition coefficient (Wildman–Crippen LogP) is 1.91. The maximum absolute atomic E-state index is 5.44. The normalized spacial score (nSPS) is 26.9. The van der Waals surface area contributed by atoms with Gasteiger partial charge >= 0.3 is 0 Å². The largest absolute Gasteiger partial charge is 0.381 e. The Kier molecular flexibility index (Phi) is 2.67.